The number of amides is 2. The number of halogens is 1. The van der Waals surface area contributed by atoms with Crippen LogP contribution in [-0.4, -0.2) is 28.3 Å². The third kappa shape index (κ3) is 3.14. The lowest BCUT2D eigenvalue weighted by Gasteiger charge is -2.26. The van der Waals surface area contributed by atoms with Crippen molar-refractivity contribution in [1.82, 2.24) is 14.7 Å². The fourth-order valence-electron chi connectivity index (χ4n) is 2.17. The van der Waals surface area contributed by atoms with Crippen LogP contribution in [0.2, 0.25) is 0 Å². The molecule has 3 rings (SSSR count). The molecule has 116 valence electrons. The Balaban J connectivity index is 1.69. The molecule has 0 unspecified atom stereocenters. The molecule has 1 aliphatic rings. The quantitative estimate of drug-likeness (QED) is 0.840. The second-order valence-electron chi connectivity index (χ2n) is 4.53. The number of carbonyl (C=O) groups excluding carboxylic acids is 1. The summed E-state index contributed by atoms with van der Waals surface area (Å²) in [5.74, 6) is -0.210. The maximum atomic E-state index is 13.7. The summed E-state index contributed by atoms with van der Waals surface area (Å²) in [5, 5.41) is 6.48. The number of benzene rings is 1. The Morgan fingerprint density at radius 3 is 3.18 bits per heavy atom. The molecule has 1 aromatic carbocycles. The second-order valence-corrected chi connectivity index (χ2v) is 6.06. The third-order valence-corrected chi connectivity index (χ3v) is 4.44. The molecular weight excluding hydrogens is 327 g/mol. The number of hydrogen-bond donors (Lipinski definition) is 2. The van der Waals surface area contributed by atoms with E-state index in [0.29, 0.717) is 28.9 Å². The van der Waals surface area contributed by atoms with Crippen molar-refractivity contribution in [2.75, 3.05) is 18.2 Å². The molecule has 1 aromatic heterocycles. The molecule has 1 atom stereocenters. The summed E-state index contributed by atoms with van der Waals surface area (Å²) in [5.41, 5.74) is 0.642. The van der Waals surface area contributed by atoms with Gasteiger partial charge in [-0.2, -0.15) is 9.36 Å². The molecule has 2 amide bonds. The Morgan fingerprint density at radius 2 is 2.41 bits per heavy atom. The van der Waals surface area contributed by atoms with Crippen molar-refractivity contribution in [1.29, 1.82) is 0 Å². The number of urea groups is 1. The van der Waals surface area contributed by atoms with E-state index in [2.05, 4.69) is 20.0 Å². The molecule has 1 aliphatic heterocycles. The zero-order valence-electron chi connectivity index (χ0n) is 11.6. The molecule has 0 radical (unpaired) electrons. The van der Waals surface area contributed by atoms with E-state index in [4.69, 9.17) is 4.74 Å². The van der Waals surface area contributed by atoms with Crippen LogP contribution >= 0.6 is 23.3 Å². The summed E-state index contributed by atoms with van der Waals surface area (Å²) in [6.07, 6.45) is 2.44. The highest BCUT2D eigenvalue weighted by atomic mass is 32.2. The molecule has 22 heavy (non-hydrogen) atoms. The molecule has 9 heteroatoms. The molecule has 2 aromatic rings. The third-order valence-electron chi connectivity index (χ3n) is 3.14. The highest BCUT2D eigenvalue weighted by molar-refractivity contribution is 7.98. The second kappa shape index (κ2) is 6.49. The summed E-state index contributed by atoms with van der Waals surface area (Å²) >= 11 is 2.52. The number of ether oxygens (including phenoxy) is 1. The van der Waals surface area contributed by atoms with Crippen molar-refractivity contribution < 1.29 is 13.9 Å². The number of hydrogen-bond acceptors (Lipinski definition) is 6. The van der Waals surface area contributed by atoms with Crippen molar-refractivity contribution in [3.05, 3.63) is 29.6 Å². The topological polar surface area (TPSA) is 76.1 Å². The molecule has 6 nitrogen and oxygen atoms in total. The van der Waals surface area contributed by atoms with Gasteiger partial charge in [0, 0.05) is 23.5 Å². The molecule has 2 heterocycles. The normalized spacial score (nSPS) is 16.5. The van der Waals surface area contributed by atoms with Crippen molar-refractivity contribution in [3.63, 3.8) is 0 Å². The van der Waals surface area contributed by atoms with Crippen molar-refractivity contribution in [2.45, 2.75) is 17.6 Å². The van der Waals surface area contributed by atoms with Crippen LogP contribution in [0.25, 0.3) is 0 Å². The highest BCUT2D eigenvalue weighted by Gasteiger charge is 2.25. The maximum absolute atomic E-state index is 13.7. The van der Waals surface area contributed by atoms with Gasteiger partial charge < -0.3 is 10.1 Å². The van der Waals surface area contributed by atoms with Gasteiger partial charge in [0.25, 0.3) is 0 Å². The van der Waals surface area contributed by atoms with E-state index in [1.165, 1.54) is 17.8 Å². The average molecular weight is 340 g/mol. The van der Waals surface area contributed by atoms with Crippen LogP contribution in [-0.2, 0) is 0 Å². The Bertz CT molecular complexity index is 694. The van der Waals surface area contributed by atoms with E-state index in [0.717, 1.165) is 11.5 Å². The molecular formula is C13H13FN4O2S2. The lowest BCUT2D eigenvalue weighted by atomic mass is 10.0. The van der Waals surface area contributed by atoms with Gasteiger partial charge in [-0.05, 0) is 12.3 Å². The van der Waals surface area contributed by atoms with Gasteiger partial charge in [-0.1, -0.05) is 23.9 Å². The number of thioether (sulfide) groups is 1. The molecule has 2 N–H and O–H groups in total. The van der Waals surface area contributed by atoms with E-state index < -0.39 is 11.8 Å². The van der Waals surface area contributed by atoms with Crippen molar-refractivity contribution >= 4 is 34.5 Å². The summed E-state index contributed by atoms with van der Waals surface area (Å²) < 4.78 is 23.1. The summed E-state index contributed by atoms with van der Waals surface area (Å²) in [6, 6.07) is 4.00. The van der Waals surface area contributed by atoms with E-state index in [1.54, 1.807) is 12.1 Å². The Hall–Kier alpha value is -1.87. The van der Waals surface area contributed by atoms with Gasteiger partial charge in [-0.15, -0.1) is 0 Å². The smallest absolute Gasteiger partial charge is 0.321 e. The van der Waals surface area contributed by atoms with Gasteiger partial charge >= 0.3 is 6.03 Å². The van der Waals surface area contributed by atoms with Crippen LogP contribution in [0, 0.1) is 5.82 Å². The van der Waals surface area contributed by atoms with E-state index in [-0.39, 0.29) is 11.8 Å². The number of nitrogens with zero attached hydrogens (tertiary/aromatic N) is 2. The number of nitrogens with one attached hydrogen (secondary N) is 2. The number of carbonyl (C=O) groups is 1. The first kappa shape index (κ1) is 15.0. The summed E-state index contributed by atoms with van der Waals surface area (Å²) in [4.78, 5) is 16.2. The van der Waals surface area contributed by atoms with E-state index in [9.17, 15) is 9.18 Å². The maximum Gasteiger partial charge on any atom is 0.321 e. The summed E-state index contributed by atoms with van der Waals surface area (Å²) in [6.45, 7) is 0.355. The van der Waals surface area contributed by atoms with Crippen LogP contribution in [0.3, 0.4) is 0 Å². The zero-order valence-corrected chi connectivity index (χ0v) is 13.3. The molecule has 0 aliphatic carbocycles. The van der Waals surface area contributed by atoms with Crippen molar-refractivity contribution in [3.8, 4) is 5.75 Å². The Kier molecular flexibility index (Phi) is 4.44. The fraction of sp³-hybridized carbons (Fsp3) is 0.308. The van der Waals surface area contributed by atoms with Gasteiger partial charge in [0.05, 0.1) is 12.6 Å². The first-order chi connectivity index (χ1) is 10.7. The number of anilines is 1. The van der Waals surface area contributed by atoms with Gasteiger partial charge in [0.15, 0.2) is 11.6 Å². The first-order valence-corrected chi connectivity index (χ1v) is 8.53. The molecule has 0 spiro atoms. The number of aromatic nitrogens is 2. The number of fused-ring (bicyclic) bond motifs is 1. The monoisotopic (exact) mass is 340 g/mol. The van der Waals surface area contributed by atoms with Gasteiger partial charge in [-0.25, -0.2) is 9.18 Å². The molecule has 0 bridgehead atoms. The minimum absolute atomic E-state index is 0.208. The SMILES string of the molecule is CSc1nsc(NC(=O)N[C@H]2CCOc3c(F)cccc32)n1. The lowest BCUT2D eigenvalue weighted by Crippen LogP contribution is -2.35. The summed E-state index contributed by atoms with van der Waals surface area (Å²) in [7, 11) is 0. The minimum atomic E-state index is -0.418. The van der Waals surface area contributed by atoms with Crippen LogP contribution in [0.4, 0.5) is 14.3 Å². The molecule has 0 fully saturated rings. The van der Waals surface area contributed by atoms with Gasteiger partial charge in [-0.3, -0.25) is 5.32 Å². The Morgan fingerprint density at radius 1 is 1.55 bits per heavy atom. The van der Waals surface area contributed by atoms with Crippen LogP contribution in [0.5, 0.6) is 5.75 Å². The number of rotatable bonds is 3. The zero-order chi connectivity index (χ0) is 15.5. The highest BCUT2D eigenvalue weighted by Crippen LogP contribution is 2.34. The number of para-hydroxylation sites is 1. The molecule has 0 saturated heterocycles. The van der Waals surface area contributed by atoms with Crippen molar-refractivity contribution in [2.24, 2.45) is 0 Å². The largest absolute Gasteiger partial charge is 0.490 e. The Labute approximate surface area is 134 Å². The molecule has 0 saturated carbocycles. The van der Waals surface area contributed by atoms with Crippen LogP contribution in [0.15, 0.2) is 23.4 Å². The minimum Gasteiger partial charge on any atom is -0.490 e. The predicted octanol–water partition coefficient (Wildman–Crippen LogP) is 3.04. The van der Waals surface area contributed by atoms with E-state index in [1.807, 2.05) is 6.26 Å². The fourth-order valence-corrected chi connectivity index (χ4v) is 3.29. The average Bonchev–Trinajstić information content (AvgIpc) is 2.96. The standard InChI is InChI=1S/C13H13FN4O2S2/c1-21-13-17-12(22-18-13)16-11(19)15-9-5-6-20-10-7(9)3-2-4-8(10)14/h2-4,9H,5-6H2,1H3,(H2,15,16,17,18,19)/t9-/m0/s1. The van der Waals surface area contributed by atoms with Gasteiger partial charge in [0.1, 0.15) is 0 Å². The van der Waals surface area contributed by atoms with Crippen LogP contribution in [0.1, 0.15) is 18.0 Å². The first-order valence-electron chi connectivity index (χ1n) is 6.54. The lowest BCUT2D eigenvalue weighted by molar-refractivity contribution is 0.227. The van der Waals surface area contributed by atoms with Gasteiger partial charge in [0.2, 0.25) is 10.3 Å². The predicted molar refractivity (Wildman–Crippen MR) is 83.1 cm³/mol. The van der Waals surface area contributed by atoms with Crippen LogP contribution < -0.4 is 15.4 Å². The van der Waals surface area contributed by atoms with E-state index >= 15 is 0 Å².